The number of carboxylic acid groups (broad SMARTS) is 1. The van der Waals surface area contributed by atoms with Gasteiger partial charge in [0.15, 0.2) is 0 Å². The third-order valence-corrected chi connectivity index (χ3v) is 2.85. The maximum atomic E-state index is 11.3. The first kappa shape index (κ1) is 15.0. The Morgan fingerprint density at radius 3 is 2.90 bits per heavy atom. The van der Waals surface area contributed by atoms with Gasteiger partial charge in [0, 0.05) is 11.9 Å². The highest BCUT2D eigenvalue weighted by Crippen LogP contribution is 2.20. The Bertz CT molecular complexity index is 668. The first-order valence-corrected chi connectivity index (χ1v) is 6.67. The van der Waals surface area contributed by atoms with Gasteiger partial charge < -0.3 is 15.2 Å². The third-order valence-electron chi connectivity index (χ3n) is 2.85. The molecule has 1 heterocycles. The first-order valence-electron chi connectivity index (χ1n) is 6.67. The average Bonchev–Trinajstić information content (AvgIpc) is 2.45. The topological polar surface area (TPSA) is 71.5 Å². The predicted molar refractivity (Wildman–Crippen MR) is 82.8 cm³/mol. The van der Waals surface area contributed by atoms with Gasteiger partial charge >= 0.3 is 5.97 Å². The standard InChI is InChI=1S/C16H18N2O3/c1-11(2)10-21-8-7-17-15-9-13(16(19)20)12-5-3-4-6-14(12)18-15/h3-6,9H,1,7-8,10H2,2H3,(H,17,18)(H,19,20). The number of aromatic carboxylic acids is 1. The SMILES string of the molecule is C=C(C)COCCNc1cc(C(=O)O)c2ccccc2n1. The van der Waals surface area contributed by atoms with Crippen LogP contribution < -0.4 is 5.32 Å². The van der Waals surface area contributed by atoms with E-state index >= 15 is 0 Å². The van der Waals surface area contributed by atoms with Crippen LogP contribution in [0.2, 0.25) is 0 Å². The van der Waals surface area contributed by atoms with Crippen LogP contribution in [0.5, 0.6) is 0 Å². The summed E-state index contributed by atoms with van der Waals surface area (Å²) in [7, 11) is 0. The van der Waals surface area contributed by atoms with E-state index in [1.54, 1.807) is 24.3 Å². The zero-order valence-corrected chi connectivity index (χ0v) is 11.9. The molecule has 0 spiro atoms. The highest BCUT2D eigenvalue weighted by molar-refractivity contribution is 6.03. The van der Waals surface area contributed by atoms with Crippen LogP contribution >= 0.6 is 0 Å². The fourth-order valence-electron chi connectivity index (χ4n) is 1.94. The zero-order valence-electron chi connectivity index (χ0n) is 11.9. The maximum absolute atomic E-state index is 11.3. The van der Waals surface area contributed by atoms with Crippen LogP contribution in [0.1, 0.15) is 17.3 Å². The largest absolute Gasteiger partial charge is 0.478 e. The van der Waals surface area contributed by atoms with Gasteiger partial charge in [-0.15, -0.1) is 0 Å². The normalized spacial score (nSPS) is 10.5. The second-order valence-corrected chi connectivity index (χ2v) is 4.81. The molecule has 1 aromatic heterocycles. The van der Waals surface area contributed by atoms with E-state index in [4.69, 9.17) is 4.74 Å². The monoisotopic (exact) mass is 286 g/mol. The van der Waals surface area contributed by atoms with Gasteiger partial charge in [0.25, 0.3) is 0 Å². The Balaban J connectivity index is 2.10. The molecule has 0 unspecified atom stereocenters. The summed E-state index contributed by atoms with van der Waals surface area (Å²) in [4.78, 5) is 15.7. The molecule has 21 heavy (non-hydrogen) atoms. The predicted octanol–water partition coefficient (Wildman–Crippen LogP) is 2.94. The second-order valence-electron chi connectivity index (χ2n) is 4.81. The van der Waals surface area contributed by atoms with E-state index in [1.807, 2.05) is 13.0 Å². The average molecular weight is 286 g/mol. The van der Waals surface area contributed by atoms with Crippen molar-refractivity contribution in [2.45, 2.75) is 6.92 Å². The van der Waals surface area contributed by atoms with Crippen LogP contribution in [0.15, 0.2) is 42.5 Å². The molecule has 0 fully saturated rings. The van der Waals surface area contributed by atoms with Gasteiger partial charge in [-0.3, -0.25) is 0 Å². The number of pyridine rings is 1. The van der Waals surface area contributed by atoms with E-state index in [9.17, 15) is 9.90 Å². The molecule has 5 nitrogen and oxygen atoms in total. The van der Waals surface area contributed by atoms with Crippen LogP contribution in [-0.4, -0.2) is 35.8 Å². The summed E-state index contributed by atoms with van der Waals surface area (Å²) in [5.74, 6) is -0.430. The summed E-state index contributed by atoms with van der Waals surface area (Å²) in [5, 5.41) is 13.0. The molecule has 1 aromatic carbocycles. The number of aromatic nitrogens is 1. The minimum absolute atomic E-state index is 0.242. The molecule has 0 saturated heterocycles. The molecule has 2 rings (SSSR count). The Morgan fingerprint density at radius 1 is 1.43 bits per heavy atom. The Kier molecular flexibility index (Phi) is 4.90. The number of fused-ring (bicyclic) bond motifs is 1. The molecule has 2 aromatic rings. The molecule has 0 saturated carbocycles. The van der Waals surface area contributed by atoms with Crippen LogP contribution in [0, 0.1) is 0 Å². The van der Waals surface area contributed by atoms with Gasteiger partial charge in [-0.2, -0.15) is 0 Å². The van der Waals surface area contributed by atoms with Crippen molar-refractivity contribution in [3.05, 3.63) is 48.0 Å². The number of benzene rings is 1. The van der Waals surface area contributed by atoms with E-state index in [2.05, 4.69) is 16.9 Å². The van der Waals surface area contributed by atoms with Crippen LogP contribution in [-0.2, 0) is 4.74 Å². The number of anilines is 1. The quantitative estimate of drug-likeness (QED) is 0.605. The number of nitrogens with one attached hydrogen (secondary N) is 1. The van der Waals surface area contributed by atoms with Crippen molar-refractivity contribution in [3.8, 4) is 0 Å². The number of hydrogen-bond acceptors (Lipinski definition) is 4. The zero-order chi connectivity index (χ0) is 15.2. The number of carbonyl (C=O) groups is 1. The van der Waals surface area contributed by atoms with Crippen LogP contribution in [0.25, 0.3) is 10.9 Å². The van der Waals surface area contributed by atoms with Gasteiger partial charge in [-0.05, 0) is 19.1 Å². The van der Waals surface area contributed by atoms with Crippen molar-refractivity contribution >= 4 is 22.7 Å². The Morgan fingerprint density at radius 2 is 2.19 bits per heavy atom. The molecule has 0 aliphatic heterocycles. The van der Waals surface area contributed by atoms with Crippen LogP contribution in [0.3, 0.4) is 0 Å². The summed E-state index contributed by atoms with van der Waals surface area (Å²) in [6.07, 6.45) is 0. The maximum Gasteiger partial charge on any atom is 0.336 e. The summed E-state index contributed by atoms with van der Waals surface area (Å²) in [5.41, 5.74) is 1.86. The highest BCUT2D eigenvalue weighted by atomic mass is 16.5. The number of carboxylic acids is 1. The molecule has 0 aliphatic rings. The summed E-state index contributed by atoms with van der Waals surface area (Å²) in [6.45, 7) is 7.23. The van der Waals surface area contributed by atoms with Gasteiger partial charge in [-0.1, -0.05) is 30.4 Å². The summed E-state index contributed by atoms with van der Waals surface area (Å²) in [6, 6.07) is 8.73. The summed E-state index contributed by atoms with van der Waals surface area (Å²) >= 11 is 0. The highest BCUT2D eigenvalue weighted by Gasteiger charge is 2.11. The van der Waals surface area contributed by atoms with Crippen molar-refractivity contribution < 1.29 is 14.6 Å². The van der Waals surface area contributed by atoms with Gasteiger partial charge in [-0.25, -0.2) is 9.78 Å². The van der Waals surface area contributed by atoms with Gasteiger partial charge in [0.2, 0.25) is 0 Å². The van der Waals surface area contributed by atoms with Crippen molar-refractivity contribution in [1.29, 1.82) is 0 Å². The van der Waals surface area contributed by atoms with Gasteiger partial charge in [0.05, 0.1) is 24.3 Å². The lowest BCUT2D eigenvalue weighted by Gasteiger charge is -2.09. The van der Waals surface area contributed by atoms with Crippen molar-refractivity contribution in [2.24, 2.45) is 0 Å². The second kappa shape index (κ2) is 6.85. The van der Waals surface area contributed by atoms with Crippen molar-refractivity contribution in [2.75, 3.05) is 25.1 Å². The Hall–Kier alpha value is -2.40. The number of hydrogen-bond donors (Lipinski definition) is 2. The minimum Gasteiger partial charge on any atom is -0.478 e. The van der Waals surface area contributed by atoms with Crippen molar-refractivity contribution in [1.82, 2.24) is 4.98 Å². The molecule has 0 aliphatic carbocycles. The lowest BCUT2D eigenvalue weighted by Crippen LogP contribution is -2.12. The number of rotatable bonds is 7. The lowest BCUT2D eigenvalue weighted by molar-refractivity contribution is 0.0699. The number of ether oxygens (including phenoxy) is 1. The first-order chi connectivity index (χ1) is 10.1. The van der Waals surface area contributed by atoms with Crippen LogP contribution in [0.4, 0.5) is 5.82 Å². The molecular formula is C16H18N2O3. The van der Waals surface area contributed by atoms with E-state index in [1.165, 1.54) is 0 Å². The molecular weight excluding hydrogens is 268 g/mol. The molecule has 0 radical (unpaired) electrons. The van der Waals surface area contributed by atoms with E-state index in [0.717, 1.165) is 5.57 Å². The fraction of sp³-hybridized carbons (Fsp3) is 0.250. The minimum atomic E-state index is -0.963. The lowest BCUT2D eigenvalue weighted by atomic mass is 10.1. The Labute approximate surface area is 123 Å². The molecule has 5 heteroatoms. The number of para-hydroxylation sites is 1. The van der Waals surface area contributed by atoms with E-state index in [-0.39, 0.29) is 5.56 Å². The molecule has 2 N–H and O–H groups in total. The van der Waals surface area contributed by atoms with E-state index in [0.29, 0.717) is 36.5 Å². The fourth-order valence-corrected chi connectivity index (χ4v) is 1.94. The van der Waals surface area contributed by atoms with E-state index < -0.39 is 5.97 Å². The summed E-state index contributed by atoms with van der Waals surface area (Å²) < 4.78 is 5.38. The smallest absolute Gasteiger partial charge is 0.336 e. The van der Waals surface area contributed by atoms with Gasteiger partial charge in [0.1, 0.15) is 5.82 Å². The van der Waals surface area contributed by atoms with Crippen molar-refractivity contribution in [3.63, 3.8) is 0 Å². The molecule has 110 valence electrons. The molecule has 0 amide bonds. The molecule has 0 bridgehead atoms. The number of nitrogens with zero attached hydrogens (tertiary/aromatic N) is 1. The third kappa shape index (κ3) is 4.03. The molecule has 0 atom stereocenters.